The van der Waals surface area contributed by atoms with E-state index in [1.807, 2.05) is 19.1 Å². The van der Waals surface area contributed by atoms with Gasteiger partial charge in [-0.15, -0.1) is 0 Å². The van der Waals surface area contributed by atoms with Crippen LogP contribution in [0.5, 0.6) is 11.5 Å². The summed E-state index contributed by atoms with van der Waals surface area (Å²) in [6, 6.07) is 5.87. The molecule has 0 unspecified atom stereocenters. The third kappa shape index (κ3) is 5.04. The molecule has 2 N–H and O–H groups in total. The predicted octanol–water partition coefficient (Wildman–Crippen LogP) is 3.67. The van der Waals surface area contributed by atoms with Gasteiger partial charge in [0.2, 0.25) is 0 Å². The van der Waals surface area contributed by atoms with Crippen LogP contribution in [-0.2, 0) is 13.1 Å². The number of hydrogen-bond acceptors (Lipinski definition) is 4. The van der Waals surface area contributed by atoms with Crippen molar-refractivity contribution in [3.63, 3.8) is 0 Å². The summed E-state index contributed by atoms with van der Waals surface area (Å²) in [5.74, 6) is 1.93. The number of benzene rings is 1. The lowest BCUT2D eigenvalue weighted by molar-refractivity contribution is 0.311. The lowest BCUT2D eigenvalue weighted by Crippen LogP contribution is -2.36. The van der Waals surface area contributed by atoms with Crippen LogP contribution in [0.3, 0.4) is 0 Å². The molecule has 0 spiro atoms. The van der Waals surface area contributed by atoms with Gasteiger partial charge in [-0.3, -0.25) is 4.99 Å². The van der Waals surface area contributed by atoms with Crippen LogP contribution >= 0.6 is 22.9 Å². The van der Waals surface area contributed by atoms with Gasteiger partial charge in [-0.05, 0) is 47.0 Å². The van der Waals surface area contributed by atoms with E-state index in [1.165, 1.54) is 5.56 Å². The monoisotopic (exact) mass is 367 g/mol. The van der Waals surface area contributed by atoms with E-state index in [-0.39, 0.29) is 0 Å². The van der Waals surface area contributed by atoms with Crippen molar-refractivity contribution in [2.24, 2.45) is 4.99 Å². The molecule has 2 rings (SSSR count). The zero-order valence-corrected chi connectivity index (χ0v) is 15.6. The van der Waals surface area contributed by atoms with Crippen molar-refractivity contribution in [3.05, 3.63) is 45.1 Å². The van der Waals surface area contributed by atoms with Crippen LogP contribution in [0.2, 0.25) is 5.02 Å². The number of nitrogens with one attached hydrogen (secondary N) is 2. The van der Waals surface area contributed by atoms with E-state index < -0.39 is 0 Å². The van der Waals surface area contributed by atoms with E-state index in [1.54, 1.807) is 25.5 Å². The molecule has 24 heavy (non-hydrogen) atoms. The molecular weight excluding hydrogens is 346 g/mol. The Kier molecular flexibility index (Phi) is 7.21. The summed E-state index contributed by atoms with van der Waals surface area (Å²) in [6.07, 6.45) is 0. The topological polar surface area (TPSA) is 54.9 Å². The van der Waals surface area contributed by atoms with Crippen molar-refractivity contribution in [1.82, 2.24) is 10.6 Å². The van der Waals surface area contributed by atoms with Crippen LogP contribution < -0.4 is 20.1 Å². The highest BCUT2D eigenvalue weighted by Gasteiger charge is 2.12. The van der Waals surface area contributed by atoms with Crippen molar-refractivity contribution < 1.29 is 9.47 Å². The average Bonchev–Trinajstić information content (AvgIpc) is 3.10. The number of rotatable bonds is 7. The molecule has 1 aromatic carbocycles. The molecule has 1 aromatic heterocycles. The Morgan fingerprint density at radius 2 is 2.00 bits per heavy atom. The minimum atomic E-state index is 0.535. The maximum absolute atomic E-state index is 6.29. The first-order valence-corrected chi connectivity index (χ1v) is 8.94. The van der Waals surface area contributed by atoms with Gasteiger partial charge in [0.25, 0.3) is 0 Å². The molecule has 0 aliphatic rings. The van der Waals surface area contributed by atoms with Gasteiger partial charge in [0.15, 0.2) is 17.5 Å². The number of aliphatic imine (C=N–C) groups is 1. The number of hydrogen-bond donors (Lipinski definition) is 2. The van der Waals surface area contributed by atoms with Crippen molar-refractivity contribution in [3.8, 4) is 11.5 Å². The molecule has 2 aromatic rings. The summed E-state index contributed by atoms with van der Waals surface area (Å²) in [6.45, 7) is 3.75. The molecule has 0 aliphatic carbocycles. The minimum absolute atomic E-state index is 0.535. The van der Waals surface area contributed by atoms with Crippen molar-refractivity contribution in [1.29, 1.82) is 0 Å². The Balaban J connectivity index is 1.98. The number of guanidine groups is 1. The van der Waals surface area contributed by atoms with Gasteiger partial charge in [0.1, 0.15) is 0 Å². The van der Waals surface area contributed by atoms with Crippen LogP contribution in [0.15, 0.2) is 34.0 Å². The van der Waals surface area contributed by atoms with Gasteiger partial charge in [0, 0.05) is 20.1 Å². The Bertz CT molecular complexity index is 675. The molecule has 0 saturated heterocycles. The fraction of sp³-hybridized carbons (Fsp3) is 0.353. The molecule has 5 nitrogen and oxygen atoms in total. The summed E-state index contributed by atoms with van der Waals surface area (Å²) in [5, 5.41) is 11.2. The van der Waals surface area contributed by atoms with Gasteiger partial charge >= 0.3 is 0 Å². The molecule has 1 heterocycles. The summed E-state index contributed by atoms with van der Waals surface area (Å²) in [4.78, 5) is 4.22. The van der Waals surface area contributed by atoms with Gasteiger partial charge < -0.3 is 20.1 Å². The third-order valence-electron chi connectivity index (χ3n) is 3.30. The molecule has 0 aliphatic heterocycles. The molecule has 0 fully saturated rings. The van der Waals surface area contributed by atoms with Gasteiger partial charge in [0.05, 0.1) is 18.7 Å². The second-order valence-corrected chi connectivity index (χ2v) is 6.14. The molecule has 0 bridgehead atoms. The third-order valence-corrected chi connectivity index (χ3v) is 4.31. The molecular formula is C17H22ClN3O2S. The zero-order valence-electron chi connectivity index (χ0n) is 14.1. The number of ether oxygens (including phenoxy) is 2. The molecule has 7 heteroatoms. The molecule has 130 valence electrons. The highest BCUT2D eigenvalue weighted by molar-refractivity contribution is 7.07. The van der Waals surface area contributed by atoms with E-state index >= 15 is 0 Å². The maximum atomic E-state index is 6.29. The van der Waals surface area contributed by atoms with Crippen LogP contribution in [0.1, 0.15) is 18.1 Å². The lowest BCUT2D eigenvalue weighted by atomic mass is 10.2. The summed E-state index contributed by atoms with van der Waals surface area (Å²) in [5.41, 5.74) is 2.22. The summed E-state index contributed by atoms with van der Waals surface area (Å²) >= 11 is 7.97. The van der Waals surface area contributed by atoms with Crippen LogP contribution in [0, 0.1) is 0 Å². The number of thiophene rings is 1. The Labute approximate surface area is 151 Å². The van der Waals surface area contributed by atoms with E-state index in [0.717, 1.165) is 18.1 Å². The molecule has 0 atom stereocenters. The highest BCUT2D eigenvalue weighted by atomic mass is 35.5. The smallest absolute Gasteiger partial charge is 0.191 e. The SMILES string of the molecule is CCOc1c(Cl)cc(CNC(=NC)NCc2ccsc2)cc1OC. The number of nitrogens with zero attached hydrogens (tertiary/aromatic N) is 1. The molecule has 0 saturated carbocycles. The van der Waals surface area contributed by atoms with Crippen molar-refractivity contribution in [2.75, 3.05) is 20.8 Å². The van der Waals surface area contributed by atoms with Crippen LogP contribution in [0.25, 0.3) is 0 Å². The summed E-state index contributed by atoms with van der Waals surface area (Å²) < 4.78 is 10.9. The fourth-order valence-corrected chi connectivity index (χ4v) is 3.10. The normalized spacial score (nSPS) is 11.2. The molecule has 0 radical (unpaired) electrons. The van der Waals surface area contributed by atoms with Gasteiger partial charge in [-0.1, -0.05) is 11.6 Å². The van der Waals surface area contributed by atoms with Crippen molar-refractivity contribution >= 4 is 28.9 Å². The van der Waals surface area contributed by atoms with E-state index in [4.69, 9.17) is 21.1 Å². The Morgan fingerprint density at radius 1 is 1.25 bits per heavy atom. The Hall–Kier alpha value is -1.92. The minimum Gasteiger partial charge on any atom is -0.493 e. The number of methoxy groups -OCH3 is 1. The first kappa shape index (κ1) is 18.4. The average molecular weight is 368 g/mol. The second kappa shape index (κ2) is 9.39. The van der Waals surface area contributed by atoms with E-state index in [2.05, 4.69) is 32.5 Å². The fourth-order valence-electron chi connectivity index (χ4n) is 2.15. The van der Waals surface area contributed by atoms with Crippen LogP contribution in [0.4, 0.5) is 0 Å². The number of halogens is 1. The van der Waals surface area contributed by atoms with E-state index in [0.29, 0.717) is 29.7 Å². The van der Waals surface area contributed by atoms with Gasteiger partial charge in [-0.25, -0.2) is 0 Å². The first-order valence-electron chi connectivity index (χ1n) is 7.62. The summed E-state index contributed by atoms with van der Waals surface area (Å²) in [7, 11) is 3.35. The van der Waals surface area contributed by atoms with Crippen molar-refractivity contribution in [2.45, 2.75) is 20.0 Å². The zero-order chi connectivity index (χ0) is 17.4. The quantitative estimate of drug-likeness (QED) is 0.579. The predicted molar refractivity (Wildman–Crippen MR) is 101 cm³/mol. The lowest BCUT2D eigenvalue weighted by Gasteiger charge is -2.15. The first-order chi connectivity index (χ1) is 11.7. The molecule has 0 amide bonds. The Morgan fingerprint density at radius 3 is 2.58 bits per heavy atom. The highest BCUT2D eigenvalue weighted by Crippen LogP contribution is 2.36. The van der Waals surface area contributed by atoms with Gasteiger partial charge in [-0.2, -0.15) is 11.3 Å². The standard InChI is InChI=1S/C17H22ClN3O2S/c1-4-23-16-14(18)7-13(8-15(16)22-3)10-21-17(19-2)20-9-12-5-6-24-11-12/h5-8,11H,4,9-10H2,1-3H3,(H2,19,20,21). The van der Waals surface area contributed by atoms with Crippen LogP contribution in [-0.4, -0.2) is 26.7 Å². The largest absolute Gasteiger partial charge is 0.493 e. The second-order valence-electron chi connectivity index (χ2n) is 4.95. The maximum Gasteiger partial charge on any atom is 0.191 e. The van der Waals surface area contributed by atoms with E-state index in [9.17, 15) is 0 Å².